The third-order valence-corrected chi connectivity index (χ3v) is 7.64. The first-order valence-electron chi connectivity index (χ1n) is 8.23. The van der Waals surface area contributed by atoms with Crippen LogP contribution < -0.4 is 0 Å². The maximum absolute atomic E-state index is 12.5. The van der Waals surface area contributed by atoms with Crippen molar-refractivity contribution < 1.29 is 8.42 Å². The van der Waals surface area contributed by atoms with Crippen molar-refractivity contribution in [1.29, 1.82) is 0 Å². The predicted octanol–water partition coefficient (Wildman–Crippen LogP) is 1.53. The summed E-state index contributed by atoms with van der Waals surface area (Å²) in [5, 5.41) is -0.0845. The molecule has 1 aromatic rings. The molecule has 120 valence electrons. The maximum atomic E-state index is 12.5. The molecule has 0 bridgehead atoms. The lowest BCUT2D eigenvalue weighted by molar-refractivity contribution is 0.237. The lowest BCUT2D eigenvalue weighted by Gasteiger charge is -2.25. The molecule has 2 aliphatic heterocycles. The second kappa shape index (κ2) is 5.28. The van der Waals surface area contributed by atoms with E-state index in [9.17, 15) is 8.42 Å². The van der Waals surface area contributed by atoms with E-state index in [-0.39, 0.29) is 11.3 Å². The Morgan fingerprint density at radius 2 is 1.91 bits per heavy atom. The Labute approximate surface area is 132 Å². The summed E-state index contributed by atoms with van der Waals surface area (Å²) in [7, 11) is -3.03. The maximum Gasteiger partial charge on any atom is 0.217 e. The van der Waals surface area contributed by atoms with Gasteiger partial charge >= 0.3 is 0 Å². The molecule has 6 heteroatoms. The quantitative estimate of drug-likeness (QED) is 0.844. The van der Waals surface area contributed by atoms with E-state index in [1.807, 2.05) is 23.4 Å². The molecule has 1 saturated carbocycles. The van der Waals surface area contributed by atoms with Gasteiger partial charge in [-0.2, -0.15) is 4.31 Å². The van der Waals surface area contributed by atoms with Crippen LogP contribution in [-0.4, -0.2) is 53.0 Å². The molecule has 2 saturated heterocycles. The third-order valence-electron chi connectivity index (χ3n) is 5.22. The van der Waals surface area contributed by atoms with Gasteiger partial charge in [0.2, 0.25) is 10.0 Å². The standard InChI is InChI=1S/C16H23N3O2S/c1-12-3-2-4-13(17-12)11-18-9-7-16-15(18)8-10-19(16)22(20,21)14-5-6-14/h2-4,14-16H,5-11H2,1H3/t15-,16-/m0/s1. The van der Waals surface area contributed by atoms with Crippen molar-refractivity contribution in [2.45, 2.75) is 56.5 Å². The van der Waals surface area contributed by atoms with Gasteiger partial charge in [0.05, 0.1) is 10.9 Å². The Kier molecular flexibility index (Phi) is 3.51. The van der Waals surface area contributed by atoms with Gasteiger partial charge in [-0.3, -0.25) is 9.88 Å². The lowest BCUT2D eigenvalue weighted by atomic mass is 10.1. The van der Waals surface area contributed by atoms with Crippen molar-refractivity contribution in [2.24, 2.45) is 0 Å². The summed E-state index contributed by atoms with van der Waals surface area (Å²) in [6, 6.07) is 6.68. The zero-order valence-electron chi connectivity index (χ0n) is 13.0. The fraction of sp³-hybridized carbons (Fsp3) is 0.688. The molecule has 0 amide bonds. The zero-order chi connectivity index (χ0) is 15.3. The fourth-order valence-corrected chi connectivity index (χ4v) is 6.10. The summed E-state index contributed by atoms with van der Waals surface area (Å²) >= 11 is 0. The lowest BCUT2D eigenvalue weighted by Crippen LogP contribution is -2.41. The molecule has 3 fully saturated rings. The highest BCUT2D eigenvalue weighted by Crippen LogP contribution is 2.39. The highest BCUT2D eigenvalue weighted by atomic mass is 32.2. The Hall–Kier alpha value is -0.980. The van der Waals surface area contributed by atoms with E-state index in [4.69, 9.17) is 0 Å². The van der Waals surface area contributed by atoms with E-state index < -0.39 is 10.0 Å². The van der Waals surface area contributed by atoms with Crippen LogP contribution in [0.5, 0.6) is 0 Å². The molecule has 5 nitrogen and oxygen atoms in total. The van der Waals surface area contributed by atoms with Crippen LogP contribution in [0.2, 0.25) is 0 Å². The van der Waals surface area contributed by atoms with E-state index in [1.165, 1.54) is 0 Å². The molecule has 2 atom stereocenters. The number of rotatable bonds is 4. The Morgan fingerprint density at radius 1 is 1.14 bits per heavy atom. The highest BCUT2D eigenvalue weighted by Gasteiger charge is 2.50. The van der Waals surface area contributed by atoms with Crippen molar-refractivity contribution in [3.8, 4) is 0 Å². The highest BCUT2D eigenvalue weighted by molar-refractivity contribution is 7.90. The van der Waals surface area contributed by atoms with Crippen LogP contribution in [0.15, 0.2) is 18.2 Å². The van der Waals surface area contributed by atoms with Crippen LogP contribution in [0, 0.1) is 6.92 Å². The number of sulfonamides is 1. The Bertz CT molecular complexity index is 672. The molecule has 22 heavy (non-hydrogen) atoms. The van der Waals surface area contributed by atoms with Gasteiger partial charge < -0.3 is 0 Å². The Morgan fingerprint density at radius 3 is 2.64 bits per heavy atom. The summed E-state index contributed by atoms with van der Waals surface area (Å²) < 4.78 is 26.9. The van der Waals surface area contributed by atoms with Crippen LogP contribution in [0.1, 0.15) is 37.1 Å². The molecule has 3 aliphatic rings. The predicted molar refractivity (Wildman–Crippen MR) is 84.8 cm³/mol. The van der Waals surface area contributed by atoms with Crippen LogP contribution >= 0.6 is 0 Å². The number of hydrogen-bond donors (Lipinski definition) is 0. The molecule has 3 heterocycles. The number of aryl methyl sites for hydroxylation is 1. The Balaban J connectivity index is 1.48. The second-order valence-corrected chi connectivity index (χ2v) is 8.97. The first kappa shape index (κ1) is 14.6. The fourth-order valence-electron chi connectivity index (χ4n) is 4.00. The molecule has 0 N–H and O–H groups in total. The average Bonchev–Trinajstić information content (AvgIpc) is 3.14. The summed E-state index contributed by atoms with van der Waals surface area (Å²) in [4.78, 5) is 7.01. The molecule has 0 spiro atoms. The van der Waals surface area contributed by atoms with Crippen molar-refractivity contribution in [2.75, 3.05) is 13.1 Å². The monoisotopic (exact) mass is 321 g/mol. The van der Waals surface area contributed by atoms with Gasteiger partial charge in [0.25, 0.3) is 0 Å². The van der Waals surface area contributed by atoms with Gasteiger partial charge in [-0.15, -0.1) is 0 Å². The summed E-state index contributed by atoms with van der Waals surface area (Å²) in [5.41, 5.74) is 2.13. The first-order valence-corrected chi connectivity index (χ1v) is 9.73. The minimum absolute atomic E-state index is 0.0845. The first-order chi connectivity index (χ1) is 10.6. The van der Waals surface area contributed by atoms with Gasteiger partial charge in [-0.25, -0.2) is 8.42 Å². The molecule has 4 rings (SSSR count). The number of nitrogens with zero attached hydrogens (tertiary/aromatic N) is 3. The van der Waals surface area contributed by atoms with E-state index in [2.05, 4.69) is 16.0 Å². The largest absolute Gasteiger partial charge is 0.293 e. The number of aromatic nitrogens is 1. The zero-order valence-corrected chi connectivity index (χ0v) is 13.8. The normalized spacial score (nSPS) is 29.9. The summed E-state index contributed by atoms with van der Waals surface area (Å²) in [6.07, 6.45) is 3.63. The van der Waals surface area contributed by atoms with Crippen molar-refractivity contribution in [1.82, 2.24) is 14.2 Å². The van der Waals surface area contributed by atoms with Crippen LogP contribution in [0.3, 0.4) is 0 Å². The number of fused-ring (bicyclic) bond motifs is 1. The van der Waals surface area contributed by atoms with Gasteiger partial charge in [0.1, 0.15) is 0 Å². The van der Waals surface area contributed by atoms with Crippen molar-refractivity contribution in [3.63, 3.8) is 0 Å². The van der Waals surface area contributed by atoms with Crippen LogP contribution in [-0.2, 0) is 16.6 Å². The second-order valence-electron chi connectivity index (χ2n) is 6.81. The van der Waals surface area contributed by atoms with Gasteiger partial charge in [-0.05, 0) is 44.7 Å². The summed E-state index contributed by atoms with van der Waals surface area (Å²) in [6.45, 7) is 4.52. The number of pyridine rings is 1. The van der Waals surface area contributed by atoms with Crippen molar-refractivity contribution >= 4 is 10.0 Å². The number of hydrogen-bond acceptors (Lipinski definition) is 4. The molecule has 0 radical (unpaired) electrons. The number of likely N-dealkylation sites (tertiary alicyclic amines) is 1. The average molecular weight is 321 g/mol. The topological polar surface area (TPSA) is 53.5 Å². The molecule has 1 aliphatic carbocycles. The smallest absolute Gasteiger partial charge is 0.217 e. The van der Waals surface area contributed by atoms with Gasteiger partial charge in [0, 0.05) is 37.4 Å². The molecule has 0 unspecified atom stereocenters. The molecular weight excluding hydrogens is 298 g/mol. The van der Waals surface area contributed by atoms with Crippen LogP contribution in [0.25, 0.3) is 0 Å². The third kappa shape index (κ3) is 2.47. The van der Waals surface area contributed by atoms with E-state index >= 15 is 0 Å². The van der Waals surface area contributed by atoms with E-state index in [0.717, 1.165) is 50.2 Å². The van der Waals surface area contributed by atoms with E-state index in [1.54, 1.807) is 0 Å². The van der Waals surface area contributed by atoms with Gasteiger partial charge in [0.15, 0.2) is 0 Å². The van der Waals surface area contributed by atoms with Crippen LogP contribution in [0.4, 0.5) is 0 Å². The van der Waals surface area contributed by atoms with Crippen molar-refractivity contribution in [3.05, 3.63) is 29.6 Å². The minimum Gasteiger partial charge on any atom is -0.293 e. The SMILES string of the molecule is Cc1cccc(CN2CC[C@H]3[C@@H]2CCN3S(=O)(=O)C2CC2)n1. The molecular formula is C16H23N3O2S. The van der Waals surface area contributed by atoms with E-state index in [0.29, 0.717) is 12.6 Å². The minimum atomic E-state index is -3.03. The molecule has 0 aromatic carbocycles. The summed E-state index contributed by atoms with van der Waals surface area (Å²) in [5.74, 6) is 0. The van der Waals surface area contributed by atoms with Gasteiger partial charge in [-0.1, -0.05) is 6.07 Å². The molecule has 1 aromatic heterocycles.